The zero-order valence-corrected chi connectivity index (χ0v) is 16.8. The van der Waals surface area contributed by atoms with E-state index >= 15 is 0 Å². The molecular weight excluding hydrogens is 420 g/mol. The highest BCUT2D eigenvalue weighted by atomic mass is 79.9. The van der Waals surface area contributed by atoms with E-state index in [2.05, 4.69) is 21.2 Å². The molecule has 0 unspecified atom stereocenters. The Morgan fingerprint density at radius 2 is 1.92 bits per heavy atom. The molecule has 0 radical (unpaired) electrons. The number of nitrogens with one attached hydrogen (secondary N) is 1. The first-order chi connectivity index (χ1) is 12.2. The van der Waals surface area contributed by atoms with Gasteiger partial charge in [0, 0.05) is 23.1 Å². The van der Waals surface area contributed by atoms with Gasteiger partial charge in [-0.3, -0.25) is 9.10 Å². The van der Waals surface area contributed by atoms with E-state index in [0.717, 1.165) is 16.3 Å². The first-order valence-electron chi connectivity index (χ1n) is 8.05. The molecular formula is C18H19BrN2O4S. The van der Waals surface area contributed by atoms with Crippen molar-refractivity contribution in [2.45, 2.75) is 19.4 Å². The van der Waals surface area contributed by atoms with Gasteiger partial charge in [0.05, 0.1) is 11.9 Å². The van der Waals surface area contributed by atoms with Crippen LogP contribution in [0.1, 0.15) is 12.0 Å². The molecule has 138 valence electrons. The molecule has 2 aromatic rings. The summed E-state index contributed by atoms with van der Waals surface area (Å²) >= 11 is 3.35. The zero-order valence-electron chi connectivity index (χ0n) is 14.4. The Labute approximate surface area is 161 Å². The largest absolute Gasteiger partial charge is 0.478 e. The lowest BCUT2D eigenvalue weighted by molar-refractivity contribution is -0.122. The van der Waals surface area contributed by atoms with Gasteiger partial charge >= 0.3 is 0 Å². The first-order valence-corrected chi connectivity index (χ1v) is 10.7. The Morgan fingerprint density at radius 1 is 1.23 bits per heavy atom. The Kier molecular flexibility index (Phi) is 5.24. The number of nitrogens with zero attached hydrogens (tertiary/aromatic N) is 1. The van der Waals surface area contributed by atoms with Crippen molar-refractivity contribution in [3.05, 3.63) is 52.5 Å². The normalized spacial score (nSPS) is 17.0. The number of sulfonamides is 1. The SMILES string of the molecule is Cc1ccc2c(c1)N(S(C)(=O)=O)CC[C@H](C(=O)Nc1ccc(Br)cc1)O2. The standard InChI is InChI=1S/C18H19BrN2O4S/c1-12-3-8-16-15(11-12)21(26(2,23)24)10-9-17(25-16)18(22)20-14-6-4-13(19)5-7-14/h3-8,11,17H,9-10H2,1-2H3,(H,20,22)/t17-/m1/s1. The molecule has 1 aliphatic rings. The third kappa shape index (κ3) is 4.19. The molecule has 3 rings (SSSR count). The Morgan fingerprint density at radius 3 is 2.58 bits per heavy atom. The number of rotatable bonds is 3. The van der Waals surface area contributed by atoms with Gasteiger partial charge in [-0.15, -0.1) is 0 Å². The van der Waals surface area contributed by atoms with Crippen molar-refractivity contribution in [3.8, 4) is 5.75 Å². The van der Waals surface area contributed by atoms with E-state index in [-0.39, 0.29) is 18.9 Å². The molecule has 0 bridgehead atoms. The van der Waals surface area contributed by atoms with Gasteiger partial charge in [-0.25, -0.2) is 8.42 Å². The summed E-state index contributed by atoms with van der Waals surface area (Å²) in [5.41, 5.74) is 2.03. The summed E-state index contributed by atoms with van der Waals surface area (Å²) in [5.74, 6) is 0.0729. The van der Waals surface area contributed by atoms with E-state index in [0.29, 0.717) is 17.1 Å². The number of amides is 1. The fourth-order valence-corrected chi connectivity index (χ4v) is 3.98. The molecule has 0 saturated carbocycles. The maximum Gasteiger partial charge on any atom is 0.265 e. The average Bonchev–Trinajstić information content (AvgIpc) is 2.76. The van der Waals surface area contributed by atoms with Crippen molar-refractivity contribution < 1.29 is 17.9 Å². The quantitative estimate of drug-likeness (QED) is 0.797. The zero-order chi connectivity index (χ0) is 18.9. The smallest absolute Gasteiger partial charge is 0.265 e. The van der Waals surface area contributed by atoms with Crippen LogP contribution in [0.4, 0.5) is 11.4 Å². The number of benzene rings is 2. The summed E-state index contributed by atoms with van der Waals surface area (Å²) in [6, 6.07) is 12.5. The average molecular weight is 439 g/mol. The van der Waals surface area contributed by atoms with Crippen LogP contribution in [0.25, 0.3) is 0 Å². The maximum absolute atomic E-state index is 12.6. The van der Waals surface area contributed by atoms with Crippen molar-refractivity contribution in [3.63, 3.8) is 0 Å². The Balaban J connectivity index is 1.86. The summed E-state index contributed by atoms with van der Waals surface area (Å²) in [6.07, 6.45) is 0.622. The lowest BCUT2D eigenvalue weighted by Gasteiger charge is -2.21. The summed E-state index contributed by atoms with van der Waals surface area (Å²) in [5, 5.41) is 2.81. The van der Waals surface area contributed by atoms with E-state index in [1.54, 1.807) is 24.3 Å². The molecule has 8 heteroatoms. The predicted octanol–water partition coefficient (Wildman–Crippen LogP) is 3.31. The van der Waals surface area contributed by atoms with Gasteiger partial charge in [0.1, 0.15) is 5.75 Å². The second kappa shape index (κ2) is 7.28. The van der Waals surface area contributed by atoms with E-state index in [9.17, 15) is 13.2 Å². The van der Waals surface area contributed by atoms with Crippen LogP contribution in [-0.4, -0.2) is 33.2 Å². The van der Waals surface area contributed by atoms with Crippen LogP contribution in [0.2, 0.25) is 0 Å². The third-order valence-corrected chi connectivity index (χ3v) is 5.76. The minimum Gasteiger partial charge on any atom is -0.478 e. The summed E-state index contributed by atoms with van der Waals surface area (Å²) in [7, 11) is -3.48. The number of fused-ring (bicyclic) bond motifs is 1. The molecule has 0 spiro atoms. The fraction of sp³-hybridized carbons (Fsp3) is 0.278. The van der Waals surface area contributed by atoms with Gasteiger partial charge in [-0.2, -0.15) is 0 Å². The van der Waals surface area contributed by atoms with Gasteiger partial charge < -0.3 is 10.1 Å². The number of anilines is 2. The van der Waals surface area contributed by atoms with E-state index in [1.807, 2.05) is 25.1 Å². The number of carbonyl (C=O) groups is 1. The minimum atomic E-state index is -3.48. The molecule has 6 nitrogen and oxygen atoms in total. The molecule has 26 heavy (non-hydrogen) atoms. The number of carbonyl (C=O) groups excluding carboxylic acids is 1. The number of hydrogen-bond acceptors (Lipinski definition) is 4. The van der Waals surface area contributed by atoms with E-state index in [1.165, 1.54) is 4.31 Å². The van der Waals surface area contributed by atoms with Crippen LogP contribution in [0.15, 0.2) is 46.9 Å². The van der Waals surface area contributed by atoms with Crippen molar-refractivity contribution in [2.75, 3.05) is 22.4 Å². The van der Waals surface area contributed by atoms with Gasteiger partial charge in [-0.1, -0.05) is 22.0 Å². The van der Waals surface area contributed by atoms with Gasteiger partial charge in [-0.05, 0) is 48.9 Å². The number of hydrogen-bond donors (Lipinski definition) is 1. The third-order valence-electron chi connectivity index (χ3n) is 4.05. The molecule has 2 aromatic carbocycles. The number of halogens is 1. The highest BCUT2D eigenvalue weighted by Gasteiger charge is 2.31. The van der Waals surface area contributed by atoms with Gasteiger partial charge in [0.2, 0.25) is 10.0 Å². The highest BCUT2D eigenvalue weighted by molar-refractivity contribution is 9.10. The molecule has 1 atom stereocenters. The second-order valence-corrected chi connectivity index (χ2v) is 9.02. The van der Waals surface area contributed by atoms with Crippen LogP contribution < -0.4 is 14.4 Å². The van der Waals surface area contributed by atoms with E-state index in [4.69, 9.17) is 4.74 Å². The fourth-order valence-electron chi connectivity index (χ4n) is 2.77. The lowest BCUT2D eigenvalue weighted by atomic mass is 10.2. The molecule has 0 aromatic heterocycles. The second-order valence-electron chi connectivity index (χ2n) is 6.20. The Hall–Kier alpha value is -2.06. The van der Waals surface area contributed by atoms with Gasteiger partial charge in [0.15, 0.2) is 6.10 Å². The minimum absolute atomic E-state index is 0.174. The summed E-state index contributed by atoms with van der Waals surface area (Å²) < 4.78 is 32.4. The highest BCUT2D eigenvalue weighted by Crippen LogP contribution is 2.35. The van der Waals surface area contributed by atoms with Crippen LogP contribution in [0.3, 0.4) is 0 Å². The van der Waals surface area contributed by atoms with Crippen LogP contribution in [-0.2, 0) is 14.8 Å². The molecule has 1 amide bonds. The first kappa shape index (κ1) is 18.7. The topological polar surface area (TPSA) is 75.7 Å². The number of ether oxygens (including phenoxy) is 1. The van der Waals surface area contributed by atoms with E-state index < -0.39 is 16.1 Å². The van der Waals surface area contributed by atoms with Gasteiger partial charge in [0.25, 0.3) is 5.91 Å². The molecule has 1 aliphatic heterocycles. The maximum atomic E-state index is 12.6. The van der Waals surface area contributed by atoms with Crippen molar-refractivity contribution in [1.29, 1.82) is 0 Å². The van der Waals surface area contributed by atoms with Crippen LogP contribution in [0.5, 0.6) is 5.75 Å². The lowest BCUT2D eigenvalue weighted by Crippen LogP contribution is -2.35. The molecule has 0 saturated heterocycles. The molecule has 1 N–H and O–H groups in total. The summed E-state index contributed by atoms with van der Waals surface area (Å²) in [4.78, 5) is 12.6. The Bertz CT molecular complexity index is 929. The summed E-state index contributed by atoms with van der Waals surface area (Å²) in [6.45, 7) is 2.05. The van der Waals surface area contributed by atoms with Crippen molar-refractivity contribution in [2.24, 2.45) is 0 Å². The van der Waals surface area contributed by atoms with Crippen LogP contribution >= 0.6 is 15.9 Å². The number of aryl methyl sites for hydroxylation is 1. The monoisotopic (exact) mass is 438 g/mol. The van der Waals surface area contributed by atoms with Crippen molar-refractivity contribution >= 4 is 43.2 Å². The van der Waals surface area contributed by atoms with Crippen LogP contribution in [0, 0.1) is 6.92 Å². The predicted molar refractivity (Wildman–Crippen MR) is 105 cm³/mol. The molecule has 0 fully saturated rings. The van der Waals surface area contributed by atoms with Crippen molar-refractivity contribution in [1.82, 2.24) is 0 Å². The molecule has 1 heterocycles. The molecule has 0 aliphatic carbocycles.